The van der Waals surface area contributed by atoms with E-state index < -0.39 is 40.5 Å². The van der Waals surface area contributed by atoms with E-state index in [0.717, 1.165) is 0 Å². The van der Waals surface area contributed by atoms with Gasteiger partial charge in [-0.2, -0.15) is 17.6 Å². The highest BCUT2D eigenvalue weighted by Crippen LogP contribution is 2.52. The lowest BCUT2D eigenvalue weighted by atomic mass is 10.1. The van der Waals surface area contributed by atoms with Gasteiger partial charge in [0.15, 0.2) is 0 Å². The first-order chi connectivity index (χ1) is 9.44. The number of hydrogen-bond acceptors (Lipinski definition) is 5. The summed E-state index contributed by atoms with van der Waals surface area (Å²) in [6.07, 6.45) is -2.58. The number of halogens is 6. The van der Waals surface area contributed by atoms with Gasteiger partial charge in [0.1, 0.15) is 12.2 Å². The van der Waals surface area contributed by atoms with Crippen LogP contribution < -0.4 is 0 Å². The lowest BCUT2D eigenvalue weighted by Crippen LogP contribution is -2.57. The molecule has 1 saturated heterocycles. The average molecular weight is 360 g/mol. The van der Waals surface area contributed by atoms with Gasteiger partial charge < -0.3 is 14.3 Å². The summed E-state index contributed by atoms with van der Waals surface area (Å²) in [6.45, 7) is 0.800. The third-order valence-corrected chi connectivity index (χ3v) is 3.22. The van der Waals surface area contributed by atoms with Crippen LogP contribution in [0.25, 0.3) is 0 Å². The second-order valence-electron chi connectivity index (χ2n) is 4.24. The van der Waals surface area contributed by atoms with E-state index in [4.69, 9.17) is 0 Å². The van der Waals surface area contributed by atoms with E-state index in [1.54, 1.807) is 6.92 Å². The third kappa shape index (κ3) is 3.79. The molecular formula is C9H11Cl2F4NO5. The molecule has 1 rings (SSSR count). The van der Waals surface area contributed by atoms with E-state index in [1.165, 1.54) is 0 Å². The topological polar surface area (TPSA) is 70.8 Å². The Morgan fingerprint density at radius 2 is 1.95 bits per heavy atom. The number of rotatable bonds is 7. The zero-order chi connectivity index (χ0) is 16.5. The predicted octanol–water partition coefficient (Wildman–Crippen LogP) is 3.14. The first kappa shape index (κ1) is 18.5. The van der Waals surface area contributed by atoms with Crippen molar-refractivity contribution in [2.75, 3.05) is 6.61 Å². The summed E-state index contributed by atoms with van der Waals surface area (Å²) in [5, 5.41) is -0.181. The Bertz CT molecular complexity index is 375. The van der Waals surface area contributed by atoms with Crippen LogP contribution in [0.4, 0.5) is 17.6 Å². The second-order valence-corrected chi connectivity index (χ2v) is 5.18. The van der Waals surface area contributed by atoms with Crippen LogP contribution in [0.1, 0.15) is 19.8 Å². The molecule has 12 heteroatoms. The Morgan fingerprint density at radius 3 is 2.29 bits per heavy atom. The Balaban J connectivity index is 2.99. The van der Waals surface area contributed by atoms with Crippen molar-refractivity contribution in [3.8, 4) is 0 Å². The van der Waals surface area contributed by atoms with Gasteiger partial charge in [0.2, 0.25) is 0 Å². The molecule has 1 fully saturated rings. The van der Waals surface area contributed by atoms with Gasteiger partial charge in [0.25, 0.3) is 5.09 Å². The van der Waals surface area contributed by atoms with Crippen molar-refractivity contribution < 1.29 is 37.0 Å². The van der Waals surface area contributed by atoms with Gasteiger partial charge in [-0.25, -0.2) is 0 Å². The summed E-state index contributed by atoms with van der Waals surface area (Å²) in [5.41, 5.74) is 0. The fourth-order valence-electron chi connectivity index (χ4n) is 1.82. The molecule has 0 saturated carbocycles. The molecule has 1 aliphatic heterocycles. The summed E-state index contributed by atoms with van der Waals surface area (Å²) in [6, 6.07) is 0. The van der Waals surface area contributed by atoms with Crippen LogP contribution in [0, 0.1) is 10.1 Å². The molecule has 1 aliphatic rings. The smallest absolute Gasteiger partial charge is 0.335 e. The molecule has 2 atom stereocenters. The molecule has 0 amide bonds. The van der Waals surface area contributed by atoms with Gasteiger partial charge in [-0.15, -0.1) is 10.1 Å². The molecule has 21 heavy (non-hydrogen) atoms. The van der Waals surface area contributed by atoms with E-state index in [-0.39, 0.29) is 6.42 Å². The molecule has 0 N–H and O–H groups in total. The fraction of sp³-hybridized carbons (Fsp3) is 1.00. The van der Waals surface area contributed by atoms with Gasteiger partial charge in [-0.3, -0.25) is 0 Å². The van der Waals surface area contributed by atoms with Gasteiger partial charge >= 0.3 is 16.6 Å². The lowest BCUT2D eigenvalue weighted by molar-refractivity contribution is -0.770. The zero-order valence-corrected chi connectivity index (χ0v) is 12.0. The first-order valence-electron chi connectivity index (χ1n) is 5.71. The summed E-state index contributed by atoms with van der Waals surface area (Å²) in [7, 11) is 0. The minimum atomic E-state index is -4.67. The largest absolute Gasteiger partial charge is 0.382 e. The van der Waals surface area contributed by atoms with Crippen LogP contribution >= 0.6 is 23.2 Å². The molecule has 0 bridgehead atoms. The highest BCUT2D eigenvalue weighted by molar-refractivity contribution is 6.26. The number of nitrogens with zero attached hydrogens (tertiary/aromatic N) is 1. The van der Waals surface area contributed by atoms with Crippen molar-refractivity contribution in [3.05, 3.63) is 10.1 Å². The van der Waals surface area contributed by atoms with E-state index in [2.05, 4.69) is 37.5 Å². The number of hydrogen-bond donors (Lipinski definition) is 0. The zero-order valence-electron chi connectivity index (χ0n) is 10.5. The van der Waals surface area contributed by atoms with Gasteiger partial charge in [0.05, 0.1) is 6.61 Å². The maximum Gasteiger partial charge on any atom is 0.382 e. The summed E-state index contributed by atoms with van der Waals surface area (Å²) >= 11 is 9.22. The minimum Gasteiger partial charge on any atom is -0.335 e. The van der Waals surface area contributed by atoms with Gasteiger partial charge in [-0.05, 0) is 29.6 Å². The van der Waals surface area contributed by atoms with Crippen molar-refractivity contribution >= 4 is 23.2 Å². The van der Waals surface area contributed by atoms with Crippen molar-refractivity contribution in [2.45, 2.75) is 48.5 Å². The van der Waals surface area contributed by atoms with Gasteiger partial charge in [0, 0.05) is 0 Å². The number of ether oxygens (including phenoxy) is 2. The fourth-order valence-corrected chi connectivity index (χ4v) is 2.31. The van der Waals surface area contributed by atoms with E-state index in [1.807, 2.05) is 0 Å². The van der Waals surface area contributed by atoms with Crippen LogP contribution in [0.15, 0.2) is 0 Å². The van der Waals surface area contributed by atoms with Crippen LogP contribution in [-0.2, 0) is 14.3 Å². The molecule has 0 aromatic carbocycles. The summed E-state index contributed by atoms with van der Waals surface area (Å²) in [4.78, 5) is 14.6. The average Bonchev–Trinajstić information content (AvgIpc) is 2.72. The number of alkyl halides is 6. The highest BCUT2D eigenvalue weighted by atomic mass is 35.5. The van der Waals surface area contributed by atoms with Crippen LogP contribution in [0.2, 0.25) is 0 Å². The third-order valence-electron chi connectivity index (χ3n) is 2.72. The minimum absolute atomic E-state index is 0.00714. The molecule has 2 unspecified atom stereocenters. The molecule has 124 valence electrons. The predicted molar refractivity (Wildman–Crippen MR) is 61.9 cm³/mol. The Kier molecular flexibility index (Phi) is 5.51. The molecule has 1 heterocycles. The summed E-state index contributed by atoms with van der Waals surface area (Å²) in [5.74, 6) is -3.93. The van der Waals surface area contributed by atoms with Gasteiger partial charge in [-0.1, -0.05) is 13.3 Å². The van der Waals surface area contributed by atoms with Crippen LogP contribution in [0.5, 0.6) is 0 Å². The Morgan fingerprint density at radius 1 is 1.43 bits per heavy atom. The Hall–Kier alpha value is -0.580. The van der Waals surface area contributed by atoms with Crippen molar-refractivity contribution in [3.63, 3.8) is 0 Å². The van der Waals surface area contributed by atoms with E-state index in [0.29, 0.717) is 6.42 Å². The quantitative estimate of drug-likeness (QED) is 0.302. The van der Waals surface area contributed by atoms with Crippen molar-refractivity contribution in [1.82, 2.24) is 0 Å². The molecule has 0 spiro atoms. The summed E-state index contributed by atoms with van der Waals surface area (Å²) < 4.78 is 61.7. The first-order valence-corrected chi connectivity index (χ1v) is 6.46. The lowest BCUT2D eigenvalue weighted by Gasteiger charge is -2.34. The maximum absolute atomic E-state index is 13.2. The normalized spacial score (nSPS) is 23.9. The maximum atomic E-state index is 13.2. The van der Waals surface area contributed by atoms with Crippen LogP contribution in [-0.4, -0.2) is 40.5 Å². The molecular weight excluding hydrogens is 349 g/mol. The molecule has 0 aliphatic carbocycles. The van der Waals surface area contributed by atoms with E-state index >= 15 is 0 Å². The Labute approximate surface area is 126 Å². The van der Waals surface area contributed by atoms with Crippen molar-refractivity contribution in [1.29, 1.82) is 0 Å². The molecule has 6 nitrogen and oxygen atoms in total. The van der Waals surface area contributed by atoms with Crippen LogP contribution in [0.3, 0.4) is 0 Å². The van der Waals surface area contributed by atoms with E-state index in [9.17, 15) is 27.7 Å². The standard InChI is InChI=1S/C9H11Cl2F4NO5/c1-2-3-5(21-16(17)18)6-4-19-7(20-6,8(10,12)13)9(11,14)15/h5-6H,2-4H2,1H3. The molecule has 0 aromatic heterocycles. The SMILES string of the molecule is CCCC(O[N+](=O)[O-])C1COC(C(F)(F)Cl)(C(F)(F)Cl)O1. The molecule has 0 aromatic rings. The van der Waals surface area contributed by atoms with Crippen molar-refractivity contribution in [2.24, 2.45) is 0 Å². The molecule has 0 radical (unpaired) electrons. The monoisotopic (exact) mass is 359 g/mol. The highest BCUT2D eigenvalue weighted by Gasteiger charge is 2.74. The second kappa shape index (κ2) is 6.27.